The normalized spacial score (nSPS) is 24.2. The molecule has 134 valence electrons. The maximum absolute atomic E-state index is 6.11. The highest BCUT2D eigenvalue weighted by atomic mass is 16.5. The lowest BCUT2D eigenvalue weighted by atomic mass is 9.98. The van der Waals surface area contributed by atoms with Crippen LogP contribution in [0.2, 0.25) is 0 Å². The van der Waals surface area contributed by atoms with E-state index in [-0.39, 0.29) is 24.1 Å². The summed E-state index contributed by atoms with van der Waals surface area (Å²) in [6.45, 7) is 5.63. The van der Waals surface area contributed by atoms with E-state index in [1.54, 1.807) is 0 Å². The van der Waals surface area contributed by atoms with Crippen LogP contribution in [0.1, 0.15) is 31.3 Å². The molecule has 7 heteroatoms. The van der Waals surface area contributed by atoms with Crippen LogP contribution in [0.25, 0.3) is 0 Å². The van der Waals surface area contributed by atoms with Gasteiger partial charge in [-0.1, -0.05) is 30.3 Å². The van der Waals surface area contributed by atoms with Crippen LogP contribution in [0.15, 0.2) is 30.3 Å². The van der Waals surface area contributed by atoms with Crippen molar-refractivity contribution in [3.63, 3.8) is 0 Å². The molecule has 3 rings (SSSR count). The van der Waals surface area contributed by atoms with Gasteiger partial charge in [0.25, 0.3) is 0 Å². The zero-order valence-electron chi connectivity index (χ0n) is 15.3. The lowest BCUT2D eigenvalue weighted by Gasteiger charge is -2.43. The van der Waals surface area contributed by atoms with Gasteiger partial charge in [-0.25, -0.2) is 0 Å². The second-order valence-electron chi connectivity index (χ2n) is 6.73. The minimum atomic E-state index is 0.0323. The molecule has 1 fully saturated rings. The number of anilines is 2. The highest BCUT2D eigenvalue weighted by Crippen LogP contribution is 2.31. The van der Waals surface area contributed by atoms with Gasteiger partial charge < -0.3 is 15.4 Å². The van der Waals surface area contributed by atoms with Crippen LogP contribution >= 0.6 is 0 Å². The summed E-state index contributed by atoms with van der Waals surface area (Å²) in [7, 11) is 3.79. The van der Waals surface area contributed by atoms with Gasteiger partial charge in [-0.05, 0) is 19.4 Å². The van der Waals surface area contributed by atoms with Crippen LogP contribution in [0.3, 0.4) is 0 Å². The third-order valence-electron chi connectivity index (χ3n) is 4.58. The predicted molar refractivity (Wildman–Crippen MR) is 98.2 cm³/mol. The van der Waals surface area contributed by atoms with E-state index in [0.29, 0.717) is 24.9 Å². The fraction of sp³-hybridized carbons (Fsp3) is 0.500. The molecule has 3 atom stereocenters. The average molecular weight is 342 g/mol. The molecular formula is C18H26N6O. The fourth-order valence-corrected chi connectivity index (χ4v) is 3.23. The predicted octanol–water partition coefficient (Wildman–Crippen LogP) is 1.87. The lowest BCUT2D eigenvalue weighted by Crippen LogP contribution is -2.50. The SMILES string of the molecule is C[C@@H]1CO[C@@H](c2ccccc2)[C@@H](C)N1Cc1nc(N)nc(N(C)C)n1. The number of nitrogen functional groups attached to an aromatic ring is 1. The number of aromatic nitrogens is 3. The molecule has 1 aliphatic heterocycles. The van der Waals surface area contributed by atoms with Crippen molar-refractivity contribution in [2.45, 2.75) is 38.6 Å². The molecule has 0 spiro atoms. The van der Waals surface area contributed by atoms with Gasteiger partial charge in [0, 0.05) is 26.2 Å². The molecule has 0 bridgehead atoms. The monoisotopic (exact) mass is 342 g/mol. The fourth-order valence-electron chi connectivity index (χ4n) is 3.23. The summed E-state index contributed by atoms with van der Waals surface area (Å²) >= 11 is 0. The zero-order chi connectivity index (χ0) is 18.0. The number of hydrogen-bond acceptors (Lipinski definition) is 7. The van der Waals surface area contributed by atoms with Gasteiger partial charge in [0.05, 0.1) is 19.3 Å². The first-order valence-corrected chi connectivity index (χ1v) is 8.55. The summed E-state index contributed by atoms with van der Waals surface area (Å²) in [4.78, 5) is 17.2. The van der Waals surface area contributed by atoms with Crippen LogP contribution in [-0.2, 0) is 11.3 Å². The van der Waals surface area contributed by atoms with E-state index in [1.165, 1.54) is 5.56 Å². The standard InChI is InChI=1S/C18H26N6O/c1-12-11-25-16(14-8-6-5-7-9-14)13(2)24(12)10-15-20-17(19)22-18(21-15)23(3)4/h5-9,12-13,16H,10-11H2,1-4H3,(H2,19,20,21,22)/t12-,13-,16-/m1/s1. The summed E-state index contributed by atoms with van der Waals surface area (Å²) < 4.78 is 6.11. The van der Waals surface area contributed by atoms with Crippen molar-refractivity contribution in [1.29, 1.82) is 0 Å². The van der Waals surface area contributed by atoms with Crippen LogP contribution in [0.5, 0.6) is 0 Å². The Bertz CT molecular complexity index is 708. The number of ether oxygens (including phenoxy) is 1. The first-order valence-electron chi connectivity index (χ1n) is 8.55. The van der Waals surface area contributed by atoms with Crippen molar-refractivity contribution >= 4 is 11.9 Å². The van der Waals surface area contributed by atoms with Crippen molar-refractivity contribution in [2.24, 2.45) is 0 Å². The van der Waals surface area contributed by atoms with Crippen LogP contribution in [0, 0.1) is 0 Å². The molecule has 0 amide bonds. The van der Waals surface area contributed by atoms with Crippen molar-refractivity contribution < 1.29 is 4.74 Å². The molecule has 0 radical (unpaired) electrons. The minimum Gasteiger partial charge on any atom is -0.370 e. The number of morpholine rings is 1. The minimum absolute atomic E-state index is 0.0323. The van der Waals surface area contributed by atoms with Crippen LogP contribution in [0.4, 0.5) is 11.9 Å². The lowest BCUT2D eigenvalue weighted by molar-refractivity contribution is -0.100. The molecule has 2 aromatic rings. The summed E-state index contributed by atoms with van der Waals surface area (Å²) in [6, 6.07) is 10.8. The molecule has 1 aliphatic rings. The first kappa shape index (κ1) is 17.6. The Labute approximate surface area is 148 Å². The van der Waals surface area contributed by atoms with Gasteiger partial charge in [0.1, 0.15) is 5.82 Å². The largest absolute Gasteiger partial charge is 0.370 e. The van der Waals surface area contributed by atoms with E-state index in [4.69, 9.17) is 10.5 Å². The first-order chi connectivity index (χ1) is 12.0. The van der Waals surface area contributed by atoms with E-state index in [1.807, 2.05) is 37.2 Å². The third-order valence-corrected chi connectivity index (χ3v) is 4.58. The molecule has 0 saturated carbocycles. The Morgan fingerprint density at radius 1 is 1.16 bits per heavy atom. The molecule has 1 aromatic heterocycles. The topological polar surface area (TPSA) is 80.4 Å². The highest BCUT2D eigenvalue weighted by Gasteiger charge is 2.34. The second kappa shape index (κ2) is 7.33. The molecule has 7 nitrogen and oxygen atoms in total. The van der Waals surface area contributed by atoms with Crippen molar-refractivity contribution in [3.8, 4) is 0 Å². The summed E-state index contributed by atoms with van der Waals surface area (Å²) in [5.41, 5.74) is 7.05. The van der Waals surface area contributed by atoms with E-state index in [2.05, 4.69) is 45.8 Å². The van der Waals surface area contributed by atoms with Gasteiger partial charge in [-0.15, -0.1) is 0 Å². The van der Waals surface area contributed by atoms with E-state index in [9.17, 15) is 0 Å². The Morgan fingerprint density at radius 2 is 1.88 bits per heavy atom. The molecule has 25 heavy (non-hydrogen) atoms. The molecular weight excluding hydrogens is 316 g/mol. The van der Waals surface area contributed by atoms with Gasteiger partial charge in [-0.2, -0.15) is 15.0 Å². The van der Waals surface area contributed by atoms with Gasteiger partial charge in [-0.3, -0.25) is 4.90 Å². The molecule has 2 heterocycles. The van der Waals surface area contributed by atoms with E-state index >= 15 is 0 Å². The number of hydrogen-bond donors (Lipinski definition) is 1. The van der Waals surface area contributed by atoms with Gasteiger partial charge in [0.15, 0.2) is 0 Å². The number of rotatable bonds is 4. The van der Waals surface area contributed by atoms with Gasteiger partial charge in [0.2, 0.25) is 11.9 Å². The Hall–Kier alpha value is -2.25. The smallest absolute Gasteiger partial charge is 0.229 e. The molecule has 1 saturated heterocycles. The third kappa shape index (κ3) is 3.88. The zero-order valence-corrected chi connectivity index (χ0v) is 15.3. The second-order valence-corrected chi connectivity index (χ2v) is 6.73. The maximum atomic E-state index is 6.11. The summed E-state index contributed by atoms with van der Waals surface area (Å²) in [6.07, 6.45) is 0.0323. The van der Waals surface area contributed by atoms with Crippen LogP contribution in [-0.4, -0.2) is 52.6 Å². The number of nitrogens with zero attached hydrogens (tertiary/aromatic N) is 5. The van der Waals surface area contributed by atoms with Gasteiger partial charge >= 0.3 is 0 Å². The molecule has 0 aliphatic carbocycles. The average Bonchev–Trinajstić information content (AvgIpc) is 2.59. The Balaban J connectivity index is 1.83. The number of nitrogens with two attached hydrogens (primary N) is 1. The van der Waals surface area contributed by atoms with Crippen molar-refractivity contribution in [2.75, 3.05) is 31.3 Å². The summed E-state index contributed by atoms with van der Waals surface area (Å²) in [5, 5.41) is 0. The quantitative estimate of drug-likeness (QED) is 0.908. The highest BCUT2D eigenvalue weighted by molar-refractivity contribution is 5.32. The Kier molecular flexibility index (Phi) is 5.15. The molecule has 0 unspecified atom stereocenters. The molecule has 2 N–H and O–H groups in total. The molecule has 1 aromatic carbocycles. The maximum Gasteiger partial charge on any atom is 0.229 e. The Morgan fingerprint density at radius 3 is 2.56 bits per heavy atom. The van der Waals surface area contributed by atoms with Crippen molar-refractivity contribution in [3.05, 3.63) is 41.7 Å². The van der Waals surface area contributed by atoms with Crippen LogP contribution < -0.4 is 10.6 Å². The van der Waals surface area contributed by atoms with E-state index in [0.717, 1.165) is 0 Å². The van der Waals surface area contributed by atoms with Crippen molar-refractivity contribution in [1.82, 2.24) is 19.9 Å². The van der Waals surface area contributed by atoms with E-state index < -0.39 is 0 Å². The summed E-state index contributed by atoms with van der Waals surface area (Å²) in [5.74, 6) is 1.51. The number of benzene rings is 1.